The Morgan fingerprint density at radius 1 is 0.953 bits per heavy atom. The molecule has 0 radical (unpaired) electrons. The van der Waals surface area contributed by atoms with Gasteiger partial charge in [-0.15, -0.1) is 0 Å². The van der Waals surface area contributed by atoms with Crippen molar-refractivity contribution in [2.45, 2.75) is 109 Å². The molecule has 0 heterocycles. The molecule has 1 unspecified atom stereocenters. The summed E-state index contributed by atoms with van der Waals surface area (Å²) in [6.45, 7) is 15.3. The van der Waals surface area contributed by atoms with Crippen LogP contribution in [0.3, 0.4) is 0 Å². The molecule has 232 valence electrons. The molecule has 1 N–H and O–H groups in total. The summed E-state index contributed by atoms with van der Waals surface area (Å²) in [7, 11) is -2.24. The van der Waals surface area contributed by atoms with Crippen molar-refractivity contribution in [2.75, 3.05) is 0 Å². The van der Waals surface area contributed by atoms with Crippen molar-refractivity contribution in [3.8, 4) is 11.1 Å². The van der Waals surface area contributed by atoms with E-state index < -0.39 is 26.2 Å². The fourth-order valence-electron chi connectivity index (χ4n) is 6.69. The Balaban J connectivity index is 1.79. The van der Waals surface area contributed by atoms with Crippen molar-refractivity contribution in [2.24, 2.45) is 5.41 Å². The summed E-state index contributed by atoms with van der Waals surface area (Å²) >= 11 is 0. The van der Waals surface area contributed by atoms with Crippen LogP contribution in [0.1, 0.15) is 112 Å². The maximum absolute atomic E-state index is 14.2. The van der Waals surface area contributed by atoms with Crippen molar-refractivity contribution >= 4 is 8.32 Å². The van der Waals surface area contributed by atoms with Crippen LogP contribution in [0.4, 0.5) is 17.6 Å². The Kier molecular flexibility index (Phi) is 8.28. The molecular formula is C36H44F4O2Si. The molecule has 7 heteroatoms. The molecule has 2 atom stereocenters. The van der Waals surface area contributed by atoms with Gasteiger partial charge in [-0.3, -0.25) is 0 Å². The van der Waals surface area contributed by atoms with Crippen LogP contribution >= 0.6 is 0 Å². The van der Waals surface area contributed by atoms with E-state index in [1.807, 2.05) is 0 Å². The summed E-state index contributed by atoms with van der Waals surface area (Å²) in [6, 6.07) is 13.3. The number of benzene rings is 3. The molecule has 2 aliphatic rings. The van der Waals surface area contributed by atoms with E-state index in [1.165, 1.54) is 36.2 Å². The highest BCUT2D eigenvalue weighted by Gasteiger charge is 2.48. The summed E-state index contributed by atoms with van der Waals surface area (Å²) in [4.78, 5) is 0. The molecule has 0 aliphatic heterocycles. The minimum atomic E-state index is -4.47. The summed E-state index contributed by atoms with van der Waals surface area (Å²) in [5.74, 6) is -0.326. The smallest absolute Gasteiger partial charge is 0.410 e. The lowest BCUT2D eigenvalue weighted by Gasteiger charge is -2.51. The number of halogens is 4. The van der Waals surface area contributed by atoms with Crippen molar-refractivity contribution in [1.29, 1.82) is 0 Å². The second-order valence-electron chi connectivity index (χ2n) is 14.6. The van der Waals surface area contributed by atoms with Gasteiger partial charge in [-0.2, -0.15) is 13.2 Å². The number of rotatable bonds is 6. The van der Waals surface area contributed by atoms with Crippen molar-refractivity contribution in [3.05, 3.63) is 93.8 Å². The second-order valence-corrected chi connectivity index (χ2v) is 19.4. The highest BCUT2D eigenvalue weighted by Crippen LogP contribution is 2.58. The monoisotopic (exact) mass is 612 g/mol. The summed E-state index contributed by atoms with van der Waals surface area (Å²) in [5, 5.41) is 12.0. The molecule has 1 fully saturated rings. The van der Waals surface area contributed by atoms with Crippen LogP contribution in [0.2, 0.25) is 18.1 Å². The van der Waals surface area contributed by atoms with E-state index in [1.54, 1.807) is 12.1 Å². The van der Waals surface area contributed by atoms with Gasteiger partial charge in [-0.05, 0) is 118 Å². The first-order chi connectivity index (χ1) is 19.9. The van der Waals surface area contributed by atoms with Gasteiger partial charge < -0.3 is 9.53 Å². The zero-order chi connectivity index (χ0) is 31.5. The Morgan fingerprint density at radius 3 is 2.05 bits per heavy atom. The molecule has 0 saturated heterocycles. The zero-order valence-electron chi connectivity index (χ0n) is 26.3. The lowest BCUT2D eigenvalue weighted by Crippen LogP contribution is -2.45. The summed E-state index contributed by atoms with van der Waals surface area (Å²) in [5.41, 5.74) is 5.27. The highest BCUT2D eigenvalue weighted by molar-refractivity contribution is 6.74. The van der Waals surface area contributed by atoms with E-state index >= 15 is 0 Å². The first-order valence-electron chi connectivity index (χ1n) is 15.4. The maximum atomic E-state index is 14.2. The molecule has 1 spiro atoms. The van der Waals surface area contributed by atoms with Gasteiger partial charge in [0.05, 0.1) is 11.7 Å². The molecule has 2 nitrogen and oxygen atoms in total. The minimum absolute atomic E-state index is 0.0200. The number of aliphatic hydroxyl groups is 1. The van der Waals surface area contributed by atoms with Gasteiger partial charge in [-0.25, -0.2) is 4.39 Å². The molecule has 1 saturated carbocycles. The topological polar surface area (TPSA) is 29.5 Å². The molecule has 43 heavy (non-hydrogen) atoms. The van der Waals surface area contributed by atoms with Gasteiger partial charge in [0.15, 0.2) is 8.32 Å². The van der Waals surface area contributed by atoms with Crippen molar-refractivity contribution in [3.63, 3.8) is 0 Å². The predicted octanol–water partition coefficient (Wildman–Crippen LogP) is 10.9. The first kappa shape index (κ1) is 31.9. The molecule has 5 rings (SSSR count). The van der Waals surface area contributed by atoms with Gasteiger partial charge in [0.25, 0.3) is 0 Å². The van der Waals surface area contributed by atoms with E-state index in [0.717, 1.165) is 60.1 Å². The largest absolute Gasteiger partial charge is 0.416 e. The van der Waals surface area contributed by atoms with E-state index in [-0.39, 0.29) is 28.3 Å². The number of aliphatic hydroxyl groups excluding tert-OH is 1. The van der Waals surface area contributed by atoms with E-state index in [4.69, 9.17) is 4.43 Å². The molecule has 0 bridgehead atoms. The zero-order valence-corrected chi connectivity index (χ0v) is 27.3. The standard InChI is InChI=1S/C36H44F4O2Si/c1-22(2)28-19-25-20-35(17-8-18-35)21-29(42-43(6,7)34(3,4)5)30(25)31(23-11-15-27(37)16-12-23)32(28)33(41)24-9-13-26(14-10-24)36(38,39)40/h9-16,19,22,29,33,41H,8,17-18,20-21H2,1-7H3/t29-,33?/m0/s1. The molecule has 2 aliphatic carbocycles. The van der Waals surface area contributed by atoms with Gasteiger partial charge in [0.2, 0.25) is 0 Å². The third-order valence-corrected chi connectivity index (χ3v) is 14.8. The second kappa shape index (κ2) is 11.1. The van der Waals surface area contributed by atoms with Crippen LogP contribution in [0.5, 0.6) is 0 Å². The number of hydrogen-bond donors (Lipinski definition) is 1. The van der Waals surface area contributed by atoms with Gasteiger partial charge in [0, 0.05) is 0 Å². The summed E-state index contributed by atoms with van der Waals surface area (Å²) < 4.78 is 61.6. The SMILES string of the molecule is CC(C)c1cc2c(c(-c3ccc(F)cc3)c1C(O)c1ccc(C(F)(F)F)cc1)[C@@H](O[Si](C)(C)C(C)(C)C)CC1(CCC1)C2. The fraction of sp³-hybridized carbons (Fsp3) is 0.500. The minimum Gasteiger partial charge on any atom is -0.410 e. The first-order valence-corrected chi connectivity index (χ1v) is 18.3. The van der Waals surface area contributed by atoms with Crippen LogP contribution in [-0.2, 0) is 17.0 Å². The van der Waals surface area contributed by atoms with Gasteiger partial charge in [0.1, 0.15) is 11.9 Å². The van der Waals surface area contributed by atoms with Crippen molar-refractivity contribution < 1.29 is 27.1 Å². The number of alkyl halides is 3. The third-order valence-electron chi connectivity index (χ3n) is 10.3. The van der Waals surface area contributed by atoms with Gasteiger partial charge in [-0.1, -0.05) is 71.4 Å². The average molecular weight is 613 g/mol. The Hall–Kier alpha value is -2.48. The summed E-state index contributed by atoms with van der Waals surface area (Å²) in [6.07, 6.45) is -0.534. The Labute approximate surface area is 254 Å². The maximum Gasteiger partial charge on any atom is 0.416 e. The molecule has 3 aromatic carbocycles. The third kappa shape index (κ3) is 6.10. The van der Waals surface area contributed by atoms with Gasteiger partial charge >= 0.3 is 6.18 Å². The average Bonchev–Trinajstić information content (AvgIpc) is 2.90. The highest BCUT2D eigenvalue weighted by atomic mass is 28.4. The van der Waals surface area contributed by atoms with Crippen LogP contribution in [0.25, 0.3) is 11.1 Å². The Bertz CT molecular complexity index is 1460. The van der Waals surface area contributed by atoms with Crippen LogP contribution in [-0.4, -0.2) is 13.4 Å². The molecule has 0 aromatic heterocycles. The quantitative estimate of drug-likeness (QED) is 0.222. The Morgan fingerprint density at radius 2 is 1.56 bits per heavy atom. The number of fused-ring (bicyclic) bond motifs is 1. The fourth-order valence-corrected chi connectivity index (χ4v) is 7.96. The van der Waals surface area contributed by atoms with E-state index in [9.17, 15) is 22.7 Å². The van der Waals surface area contributed by atoms with Crippen LogP contribution in [0, 0.1) is 11.2 Å². The number of hydrogen-bond acceptors (Lipinski definition) is 2. The molecule has 0 amide bonds. The molecule has 3 aromatic rings. The normalized spacial score (nSPS) is 19.3. The predicted molar refractivity (Wildman–Crippen MR) is 167 cm³/mol. The van der Waals surface area contributed by atoms with E-state index in [0.29, 0.717) is 11.1 Å². The van der Waals surface area contributed by atoms with Crippen LogP contribution in [0.15, 0.2) is 54.6 Å². The lowest BCUT2D eigenvalue weighted by atomic mass is 9.58. The van der Waals surface area contributed by atoms with Crippen LogP contribution < -0.4 is 0 Å². The van der Waals surface area contributed by atoms with E-state index in [2.05, 4.69) is 53.8 Å². The van der Waals surface area contributed by atoms with Crippen molar-refractivity contribution in [1.82, 2.24) is 0 Å². The lowest BCUT2D eigenvalue weighted by molar-refractivity contribution is -0.137. The molecular weight excluding hydrogens is 568 g/mol.